The largest absolute Gasteiger partial charge is 0.477 e. The maximum absolute atomic E-state index is 11.7. The number of carboxylic acids is 1. The number of nitrogens with zero attached hydrogens (tertiary/aromatic N) is 1. The van der Waals surface area contributed by atoms with Gasteiger partial charge in [0.15, 0.2) is 5.69 Å². The van der Waals surface area contributed by atoms with Crippen molar-refractivity contribution < 1.29 is 9.90 Å². The Morgan fingerprint density at radius 2 is 1.39 bits per heavy atom. The lowest BCUT2D eigenvalue weighted by Crippen LogP contribution is -2.31. The van der Waals surface area contributed by atoms with Crippen molar-refractivity contribution in [3.63, 3.8) is 0 Å². The van der Waals surface area contributed by atoms with Gasteiger partial charge in [-0.2, -0.15) is 0 Å². The molecule has 0 saturated carbocycles. The van der Waals surface area contributed by atoms with Gasteiger partial charge in [-0.1, -0.05) is 103 Å². The van der Waals surface area contributed by atoms with E-state index in [-0.39, 0.29) is 5.69 Å². The molecule has 0 fully saturated rings. The number of carbonyl (C=O) groups is 1. The minimum absolute atomic E-state index is 0.116. The Hall–Kier alpha value is -3.72. The molecule has 1 N–H and O–H groups in total. The first-order chi connectivity index (χ1) is 15.1. The summed E-state index contributed by atoms with van der Waals surface area (Å²) in [6.07, 6.45) is 2.32. The van der Waals surface area contributed by atoms with Gasteiger partial charge in [0.1, 0.15) is 0 Å². The van der Waals surface area contributed by atoms with Gasteiger partial charge in [-0.15, -0.1) is 0 Å². The molecule has 3 nitrogen and oxygen atoms in total. The summed E-state index contributed by atoms with van der Waals surface area (Å²) < 4.78 is 0. The van der Waals surface area contributed by atoms with E-state index in [1.54, 1.807) is 6.20 Å². The van der Waals surface area contributed by atoms with Gasteiger partial charge in [-0.05, 0) is 41.2 Å². The van der Waals surface area contributed by atoms with E-state index < -0.39 is 11.4 Å². The van der Waals surface area contributed by atoms with Crippen LogP contribution >= 0.6 is 0 Å². The van der Waals surface area contributed by atoms with Crippen LogP contribution in [0.5, 0.6) is 0 Å². The molecule has 0 atom stereocenters. The number of benzene rings is 3. The van der Waals surface area contributed by atoms with E-state index in [0.717, 1.165) is 27.8 Å². The molecule has 0 aliphatic carbocycles. The average Bonchev–Trinajstić information content (AvgIpc) is 2.81. The quantitative estimate of drug-likeness (QED) is 0.397. The van der Waals surface area contributed by atoms with Gasteiger partial charge in [0.2, 0.25) is 0 Å². The van der Waals surface area contributed by atoms with Crippen LogP contribution in [0.15, 0.2) is 97.2 Å². The van der Waals surface area contributed by atoms with Crippen LogP contribution in [0, 0.1) is 6.92 Å². The Kier molecular flexibility index (Phi) is 5.68. The molecule has 0 bridgehead atoms. The predicted molar refractivity (Wildman–Crippen MR) is 124 cm³/mol. The van der Waals surface area contributed by atoms with Crippen molar-refractivity contribution >= 4 is 5.97 Å². The van der Waals surface area contributed by atoms with Gasteiger partial charge in [-0.3, -0.25) is 0 Å². The lowest BCUT2D eigenvalue weighted by Gasteiger charge is -2.37. The standard InChI is InChI=1S/C28H25NO2/c1-3-21-18-25(19-29-26(21)27(30)31)28(22-12-6-4-7-13-22,23-14-8-5-9-15-23)24-16-10-11-20(2)17-24/h4-19H,3H2,1-2H3,(H,30,31). The molecule has 31 heavy (non-hydrogen) atoms. The first kappa shape index (κ1) is 20.5. The monoisotopic (exact) mass is 407 g/mol. The Morgan fingerprint density at radius 1 is 0.806 bits per heavy atom. The lowest BCUT2D eigenvalue weighted by atomic mass is 9.65. The molecule has 0 unspecified atom stereocenters. The highest BCUT2D eigenvalue weighted by Crippen LogP contribution is 2.45. The molecular weight excluding hydrogens is 382 g/mol. The Balaban J connectivity index is 2.14. The van der Waals surface area contributed by atoms with E-state index in [1.165, 1.54) is 5.56 Å². The van der Waals surface area contributed by atoms with Gasteiger partial charge in [0.05, 0.1) is 5.41 Å². The van der Waals surface area contributed by atoms with Crippen LogP contribution in [-0.4, -0.2) is 16.1 Å². The van der Waals surface area contributed by atoms with Gasteiger partial charge >= 0.3 is 5.97 Å². The van der Waals surface area contributed by atoms with E-state index >= 15 is 0 Å². The summed E-state index contributed by atoms with van der Waals surface area (Å²) in [5, 5.41) is 9.62. The second kappa shape index (κ2) is 8.57. The van der Waals surface area contributed by atoms with Crippen LogP contribution in [0.1, 0.15) is 50.8 Å². The molecule has 154 valence electrons. The summed E-state index contributed by atoms with van der Waals surface area (Å²) in [5.41, 5.74) is 5.69. The van der Waals surface area contributed by atoms with Crippen LogP contribution in [0.25, 0.3) is 0 Å². The Bertz CT molecular complexity index is 1160. The molecule has 0 aliphatic heterocycles. The highest BCUT2D eigenvalue weighted by atomic mass is 16.4. The minimum Gasteiger partial charge on any atom is -0.477 e. The first-order valence-electron chi connectivity index (χ1n) is 10.5. The fraction of sp³-hybridized carbons (Fsp3) is 0.143. The van der Waals surface area contributed by atoms with Crippen molar-refractivity contribution in [1.82, 2.24) is 4.98 Å². The highest BCUT2D eigenvalue weighted by molar-refractivity contribution is 5.87. The van der Waals surface area contributed by atoms with Gasteiger partial charge in [0.25, 0.3) is 0 Å². The van der Waals surface area contributed by atoms with Crippen molar-refractivity contribution in [2.45, 2.75) is 25.7 Å². The third kappa shape index (κ3) is 3.64. The van der Waals surface area contributed by atoms with E-state index in [4.69, 9.17) is 0 Å². The van der Waals surface area contributed by atoms with Crippen molar-refractivity contribution in [3.05, 3.63) is 136 Å². The number of aromatic nitrogens is 1. The third-order valence-electron chi connectivity index (χ3n) is 5.85. The lowest BCUT2D eigenvalue weighted by molar-refractivity contribution is 0.0689. The fourth-order valence-electron chi connectivity index (χ4n) is 4.43. The molecular formula is C28H25NO2. The third-order valence-corrected chi connectivity index (χ3v) is 5.85. The number of aromatic carboxylic acids is 1. The van der Waals surface area contributed by atoms with Crippen LogP contribution in [-0.2, 0) is 11.8 Å². The number of carboxylic acid groups (broad SMARTS) is 1. The SMILES string of the molecule is CCc1cc(C(c2ccccc2)(c2ccccc2)c2cccc(C)c2)cnc1C(=O)O. The number of rotatable bonds is 6. The number of hydrogen-bond acceptors (Lipinski definition) is 2. The van der Waals surface area contributed by atoms with Gasteiger partial charge < -0.3 is 5.11 Å². The molecule has 3 heteroatoms. The minimum atomic E-state index is -0.996. The van der Waals surface area contributed by atoms with Crippen LogP contribution in [0.3, 0.4) is 0 Å². The molecule has 3 aromatic carbocycles. The van der Waals surface area contributed by atoms with Crippen molar-refractivity contribution in [3.8, 4) is 0 Å². The predicted octanol–water partition coefficient (Wildman–Crippen LogP) is 6.03. The summed E-state index contributed by atoms with van der Waals surface area (Å²) >= 11 is 0. The van der Waals surface area contributed by atoms with Crippen molar-refractivity contribution in [2.24, 2.45) is 0 Å². The first-order valence-corrected chi connectivity index (χ1v) is 10.5. The smallest absolute Gasteiger partial charge is 0.354 e. The molecule has 0 radical (unpaired) electrons. The van der Waals surface area contributed by atoms with Gasteiger partial charge in [0, 0.05) is 6.20 Å². The second-order valence-electron chi connectivity index (χ2n) is 7.74. The summed E-state index contributed by atoms with van der Waals surface area (Å²) in [7, 11) is 0. The van der Waals surface area contributed by atoms with E-state index in [1.807, 2.05) is 49.4 Å². The summed E-state index contributed by atoms with van der Waals surface area (Å²) in [6, 6.07) is 31.3. The molecule has 4 rings (SSSR count). The molecule has 0 amide bonds. The van der Waals surface area contributed by atoms with Crippen LogP contribution < -0.4 is 0 Å². The molecule has 0 spiro atoms. The Labute approximate surface area is 183 Å². The summed E-state index contributed by atoms with van der Waals surface area (Å²) in [4.78, 5) is 16.1. The van der Waals surface area contributed by atoms with Crippen molar-refractivity contribution in [1.29, 1.82) is 0 Å². The highest BCUT2D eigenvalue weighted by Gasteiger charge is 2.39. The van der Waals surface area contributed by atoms with E-state index in [0.29, 0.717) is 6.42 Å². The number of hydrogen-bond donors (Lipinski definition) is 1. The zero-order chi connectivity index (χ0) is 21.8. The molecule has 1 heterocycles. The zero-order valence-electron chi connectivity index (χ0n) is 17.7. The normalized spacial score (nSPS) is 11.3. The average molecular weight is 408 g/mol. The van der Waals surface area contributed by atoms with Gasteiger partial charge in [-0.25, -0.2) is 9.78 Å². The van der Waals surface area contributed by atoms with E-state index in [9.17, 15) is 9.90 Å². The van der Waals surface area contributed by atoms with Crippen LogP contribution in [0.4, 0.5) is 0 Å². The topological polar surface area (TPSA) is 50.2 Å². The molecule has 4 aromatic rings. The molecule has 1 aromatic heterocycles. The maximum Gasteiger partial charge on any atom is 0.354 e. The molecule has 0 saturated heterocycles. The van der Waals surface area contributed by atoms with Crippen molar-refractivity contribution in [2.75, 3.05) is 0 Å². The Morgan fingerprint density at radius 3 is 1.90 bits per heavy atom. The summed E-state index contributed by atoms with van der Waals surface area (Å²) in [5.74, 6) is -0.996. The van der Waals surface area contributed by atoms with Crippen LogP contribution in [0.2, 0.25) is 0 Å². The fourth-order valence-corrected chi connectivity index (χ4v) is 4.43. The zero-order valence-corrected chi connectivity index (χ0v) is 17.7. The number of pyridine rings is 1. The molecule has 0 aliphatic rings. The maximum atomic E-state index is 11.7. The summed E-state index contributed by atoms with van der Waals surface area (Å²) in [6.45, 7) is 4.06. The second-order valence-corrected chi connectivity index (χ2v) is 7.74. The number of aryl methyl sites for hydroxylation is 2. The van der Waals surface area contributed by atoms with E-state index in [2.05, 4.69) is 60.4 Å².